The van der Waals surface area contributed by atoms with Crippen molar-refractivity contribution in [2.24, 2.45) is 0 Å². The molecule has 1 amide bonds. The van der Waals surface area contributed by atoms with Crippen molar-refractivity contribution in [3.8, 4) is 23.0 Å². The standard InChI is InChI=1S/C19H25N3O4/c1-13-17(18(23)20-8-11-22-9-4-5-10-22)21-19(26-13)14-6-7-15(24-2)16(12-14)25-3/h6-7,12H,4-5,8-11H2,1-3H3,(H,20,23). The second-order valence-electron chi connectivity index (χ2n) is 6.30. The van der Waals surface area contributed by atoms with E-state index < -0.39 is 0 Å². The summed E-state index contributed by atoms with van der Waals surface area (Å²) in [6, 6.07) is 5.38. The van der Waals surface area contributed by atoms with Gasteiger partial charge in [-0.15, -0.1) is 0 Å². The monoisotopic (exact) mass is 359 g/mol. The lowest BCUT2D eigenvalue weighted by Gasteiger charge is -2.14. The first-order valence-corrected chi connectivity index (χ1v) is 8.82. The molecule has 2 heterocycles. The Bertz CT molecular complexity index is 766. The summed E-state index contributed by atoms with van der Waals surface area (Å²) in [6.07, 6.45) is 2.48. The van der Waals surface area contributed by atoms with Crippen LogP contribution in [0.2, 0.25) is 0 Å². The number of rotatable bonds is 7. The summed E-state index contributed by atoms with van der Waals surface area (Å²) in [5, 5.41) is 2.92. The number of ether oxygens (including phenoxy) is 2. The topological polar surface area (TPSA) is 76.8 Å². The summed E-state index contributed by atoms with van der Waals surface area (Å²) in [5.74, 6) is 1.87. The SMILES string of the molecule is COc1ccc(-c2nc(C(=O)NCCN3CCCC3)c(C)o2)cc1OC. The molecule has 7 nitrogen and oxygen atoms in total. The second-order valence-corrected chi connectivity index (χ2v) is 6.30. The Kier molecular flexibility index (Phi) is 5.78. The fourth-order valence-corrected chi connectivity index (χ4v) is 3.12. The number of oxazole rings is 1. The Hall–Kier alpha value is -2.54. The van der Waals surface area contributed by atoms with Gasteiger partial charge in [-0.05, 0) is 51.1 Å². The van der Waals surface area contributed by atoms with Gasteiger partial charge in [-0.25, -0.2) is 4.98 Å². The predicted octanol–water partition coefficient (Wildman–Crippen LogP) is 2.49. The molecule has 0 spiro atoms. The van der Waals surface area contributed by atoms with Crippen LogP contribution < -0.4 is 14.8 Å². The van der Waals surface area contributed by atoms with E-state index in [1.807, 2.05) is 6.07 Å². The number of benzene rings is 1. The van der Waals surface area contributed by atoms with Crippen molar-refractivity contribution in [3.63, 3.8) is 0 Å². The second kappa shape index (κ2) is 8.23. The van der Waals surface area contributed by atoms with Gasteiger partial charge in [-0.1, -0.05) is 0 Å². The normalized spacial score (nSPS) is 14.4. The number of likely N-dealkylation sites (tertiary alicyclic amines) is 1. The lowest BCUT2D eigenvalue weighted by Crippen LogP contribution is -2.33. The zero-order valence-electron chi connectivity index (χ0n) is 15.5. The fourth-order valence-electron chi connectivity index (χ4n) is 3.12. The summed E-state index contributed by atoms with van der Waals surface area (Å²) >= 11 is 0. The molecule has 0 bridgehead atoms. The molecule has 0 unspecified atom stereocenters. The van der Waals surface area contributed by atoms with E-state index in [0.29, 0.717) is 35.4 Å². The highest BCUT2D eigenvalue weighted by Crippen LogP contribution is 2.32. The molecule has 1 aromatic heterocycles. The molecule has 1 fully saturated rings. The Morgan fingerprint density at radius 2 is 1.96 bits per heavy atom. The van der Waals surface area contributed by atoms with Crippen LogP contribution in [0, 0.1) is 6.92 Å². The van der Waals surface area contributed by atoms with Gasteiger partial charge in [-0.3, -0.25) is 4.79 Å². The van der Waals surface area contributed by atoms with Crippen molar-refractivity contribution in [3.05, 3.63) is 29.7 Å². The molecule has 0 aliphatic carbocycles. The van der Waals surface area contributed by atoms with Crippen molar-refractivity contribution >= 4 is 5.91 Å². The Labute approximate surface area is 153 Å². The van der Waals surface area contributed by atoms with Gasteiger partial charge in [-0.2, -0.15) is 0 Å². The van der Waals surface area contributed by atoms with Crippen molar-refractivity contribution in [1.29, 1.82) is 0 Å². The number of nitrogens with one attached hydrogen (secondary N) is 1. The first-order valence-electron chi connectivity index (χ1n) is 8.82. The number of nitrogens with zero attached hydrogens (tertiary/aromatic N) is 2. The van der Waals surface area contributed by atoms with E-state index in [9.17, 15) is 4.79 Å². The molecule has 0 radical (unpaired) electrons. The van der Waals surface area contributed by atoms with Crippen LogP contribution in [0.25, 0.3) is 11.5 Å². The van der Waals surface area contributed by atoms with Crippen molar-refractivity contribution in [1.82, 2.24) is 15.2 Å². The predicted molar refractivity (Wildman–Crippen MR) is 97.8 cm³/mol. The van der Waals surface area contributed by atoms with E-state index in [1.54, 1.807) is 33.3 Å². The molecule has 1 N–H and O–H groups in total. The van der Waals surface area contributed by atoms with Crippen LogP contribution in [-0.4, -0.2) is 56.2 Å². The lowest BCUT2D eigenvalue weighted by molar-refractivity contribution is 0.0944. The van der Waals surface area contributed by atoms with Crippen LogP contribution in [0.1, 0.15) is 29.1 Å². The zero-order chi connectivity index (χ0) is 18.5. The summed E-state index contributed by atoms with van der Waals surface area (Å²) in [5.41, 5.74) is 1.04. The van der Waals surface area contributed by atoms with Crippen LogP contribution in [0.15, 0.2) is 22.6 Å². The van der Waals surface area contributed by atoms with Crippen molar-refractivity contribution in [2.45, 2.75) is 19.8 Å². The van der Waals surface area contributed by atoms with Crippen LogP contribution >= 0.6 is 0 Å². The molecule has 3 rings (SSSR count). The fraction of sp³-hybridized carbons (Fsp3) is 0.474. The Balaban J connectivity index is 1.69. The Morgan fingerprint density at radius 3 is 2.65 bits per heavy atom. The minimum absolute atomic E-state index is 0.211. The molecule has 1 aromatic carbocycles. The van der Waals surface area contributed by atoms with E-state index >= 15 is 0 Å². The summed E-state index contributed by atoms with van der Waals surface area (Å²) in [6.45, 7) is 5.44. The molecule has 26 heavy (non-hydrogen) atoms. The Morgan fingerprint density at radius 1 is 1.23 bits per heavy atom. The van der Waals surface area contributed by atoms with Gasteiger partial charge in [0.1, 0.15) is 5.76 Å². The molecule has 1 saturated heterocycles. The first kappa shape index (κ1) is 18.3. The van der Waals surface area contributed by atoms with Crippen LogP contribution in [0.5, 0.6) is 11.5 Å². The largest absolute Gasteiger partial charge is 0.493 e. The first-order chi connectivity index (χ1) is 12.6. The number of hydrogen-bond acceptors (Lipinski definition) is 6. The minimum atomic E-state index is -0.211. The van der Waals surface area contributed by atoms with Gasteiger partial charge >= 0.3 is 0 Å². The van der Waals surface area contributed by atoms with Gasteiger partial charge < -0.3 is 24.1 Å². The van der Waals surface area contributed by atoms with Gasteiger partial charge in [0.05, 0.1) is 14.2 Å². The van der Waals surface area contributed by atoms with E-state index in [-0.39, 0.29) is 5.91 Å². The molecule has 0 saturated carbocycles. The highest BCUT2D eigenvalue weighted by Gasteiger charge is 2.19. The maximum Gasteiger partial charge on any atom is 0.273 e. The zero-order valence-corrected chi connectivity index (χ0v) is 15.5. The van der Waals surface area contributed by atoms with Gasteiger partial charge in [0.25, 0.3) is 5.91 Å². The smallest absolute Gasteiger partial charge is 0.273 e. The number of carbonyl (C=O) groups is 1. The van der Waals surface area contributed by atoms with E-state index in [2.05, 4.69) is 15.2 Å². The molecule has 2 aromatic rings. The number of hydrogen-bond donors (Lipinski definition) is 1. The molecule has 1 aliphatic heterocycles. The molecule has 0 atom stereocenters. The highest BCUT2D eigenvalue weighted by molar-refractivity contribution is 5.93. The number of amides is 1. The third-order valence-corrected chi connectivity index (χ3v) is 4.55. The average Bonchev–Trinajstić information content (AvgIpc) is 3.30. The number of aryl methyl sites for hydroxylation is 1. The quantitative estimate of drug-likeness (QED) is 0.818. The number of aromatic nitrogens is 1. The summed E-state index contributed by atoms with van der Waals surface area (Å²) < 4.78 is 16.2. The number of carbonyl (C=O) groups excluding carboxylic acids is 1. The van der Waals surface area contributed by atoms with Crippen LogP contribution in [-0.2, 0) is 0 Å². The van der Waals surface area contributed by atoms with Crippen molar-refractivity contribution in [2.75, 3.05) is 40.4 Å². The van der Waals surface area contributed by atoms with Gasteiger partial charge in [0, 0.05) is 18.7 Å². The van der Waals surface area contributed by atoms with Gasteiger partial charge in [0.15, 0.2) is 17.2 Å². The van der Waals surface area contributed by atoms with Crippen LogP contribution in [0.4, 0.5) is 0 Å². The third kappa shape index (κ3) is 3.99. The third-order valence-electron chi connectivity index (χ3n) is 4.55. The van der Waals surface area contributed by atoms with Crippen LogP contribution in [0.3, 0.4) is 0 Å². The molecular weight excluding hydrogens is 334 g/mol. The molecule has 140 valence electrons. The number of methoxy groups -OCH3 is 2. The molecule has 1 aliphatic rings. The summed E-state index contributed by atoms with van der Waals surface area (Å²) in [7, 11) is 3.15. The maximum atomic E-state index is 12.4. The average molecular weight is 359 g/mol. The van der Waals surface area contributed by atoms with E-state index in [1.165, 1.54) is 12.8 Å². The highest BCUT2D eigenvalue weighted by atomic mass is 16.5. The van der Waals surface area contributed by atoms with Gasteiger partial charge in [0.2, 0.25) is 5.89 Å². The van der Waals surface area contributed by atoms with E-state index in [4.69, 9.17) is 13.9 Å². The van der Waals surface area contributed by atoms with E-state index in [0.717, 1.165) is 25.2 Å². The molecular formula is C19H25N3O4. The summed E-state index contributed by atoms with van der Waals surface area (Å²) in [4.78, 5) is 19.1. The maximum absolute atomic E-state index is 12.4. The minimum Gasteiger partial charge on any atom is -0.493 e. The molecule has 7 heteroatoms. The lowest BCUT2D eigenvalue weighted by atomic mass is 10.2. The van der Waals surface area contributed by atoms with Crippen molar-refractivity contribution < 1.29 is 18.7 Å².